The average Bonchev–Trinajstić information content (AvgIpc) is 3.12. The van der Waals surface area contributed by atoms with Crippen molar-refractivity contribution in [2.24, 2.45) is 7.05 Å². The second kappa shape index (κ2) is 10.9. The van der Waals surface area contributed by atoms with Gasteiger partial charge in [-0.15, -0.1) is 10.2 Å². The lowest BCUT2D eigenvalue weighted by Crippen LogP contribution is -2.15. The molecule has 3 aromatic rings. The van der Waals surface area contributed by atoms with E-state index >= 15 is 0 Å². The third-order valence-electron chi connectivity index (χ3n) is 4.69. The van der Waals surface area contributed by atoms with Gasteiger partial charge in [0.1, 0.15) is 6.61 Å². The zero-order chi connectivity index (χ0) is 22.2. The number of nitrogens with zero attached hydrogens (tertiary/aromatic N) is 3. The number of para-hydroxylation sites is 1. The van der Waals surface area contributed by atoms with Gasteiger partial charge in [-0.2, -0.15) is 0 Å². The van der Waals surface area contributed by atoms with Crippen molar-refractivity contribution < 1.29 is 14.3 Å². The predicted octanol–water partition coefficient (Wildman–Crippen LogP) is 4.39. The number of carbonyl (C=O) groups excluding carboxylic acids is 1. The van der Waals surface area contributed by atoms with Gasteiger partial charge in [0.05, 0.1) is 12.4 Å². The van der Waals surface area contributed by atoms with Crippen LogP contribution in [0.4, 0.5) is 5.69 Å². The Kier molecular flexibility index (Phi) is 7.94. The highest BCUT2D eigenvalue weighted by molar-refractivity contribution is 7.99. The molecule has 0 bridgehead atoms. The maximum Gasteiger partial charge on any atom is 0.234 e. The monoisotopic (exact) mass is 440 g/mol. The van der Waals surface area contributed by atoms with Crippen molar-refractivity contribution in [2.45, 2.75) is 39.0 Å². The van der Waals surface area contributed by atoms with Gasteiger partial charge in [-0.25, -0.2) is 0 Å². The van der Waals surface area contributed by atoms with Crippen LogP contribution in [0.2, 0.25) is 0 Å². The summed E-state index contributed by atoms with van der Waals surface area (Å²) in [7, 11) is 1.86. The standard InChI is InChI=1S/C23H28N4O3S/c1-5-17-9-7-8-10-18(17)24-22(28)15-31-23-26-25-21(27(23)4)14-30-19-12-11-16(3)13-20(19)29-6-2/h7-13H,5-6,14-15H2,1-4H3,(H,24,28). The van der Waals surface area contributed by atoms with Crippen molar-refractivity contribution in [3.05, 3.63) is 59.4 Å². The number of hydrogen-bond donors (Lipinski definition) is 1. The van der Waals surface area contributed by atoms with E-state index in [0.29, 0.717) is 29.1 Å². The van der Waals surface area contributed by atoms with Gasteiger partial charge in [0.15, 0.2) is 22.5 Å². The Hall–Kier alpha value is -3.00. The molecule has 1 N–H and O–H groups in total. The van der Waals surface area contributed by atoms with Crippen molar-refractivity contribution in [1.82, 2.24) is 14.8 Å². The minimum Gasteiger partial charge on any atom is -0.490 e. The number of amides is 1. The molecule has 3 rings (SSSR count). The van der Waals surface area contributed by atoms with Crippen LogP contribution >= 0.6 is 11.8 Å². The molecule has 0 aliphatic rings. The summed E-state index contributed by atoms with van der Waals surface area (Å²) in [5.74, 6) is 2.22. The lowest BCUT2D eigenvalue weighted by molar-refractivity contribution is -0.113. The molecule has 0 atom stereocenters. The van der Waals surface area contributed by atoms with Crippen molar-refractivity contribution in [3.8, 4) is 11.5 Å². The van der Waals surface area contributed by atoms with Gasteiger partial charge in [0.25, 0.3) is 0 Å². The molecule has 1 aromatic heterocycles. The molecule has 8 heteroatoms. The van der Waals surface area contributed by atoms with Crippen LogP contribution in [0.5, 0.6) is 11.5 Å². The average molecular weight is 441 g/mol. The molecule has 0 aliphatic carbocycles. The van der Waals surface area contributed by atoms with E-state index in [9.17, 15) is 4.79 Å². The third-order valence-corrected chi connectivity index (χ3v) is 5.71. The zero-order valence-electron chi connectivity index (χ0n) is 18.3. The van der Waals surface area contributed by atoms with E-state index in [-0.39, 0.29) is 18.3 Å². The van der Waals surface area contributed by atoms with E-state index in [1.54, 1.807) is 0 Å². The number of benzene rings is 2. The molecule has 0 spiro atoms. The van der Waals surface area contributed by atoms with Crippen LogP contribution in [-0.4, -0.2) is 33.0 Å². The summed E-state index contributed by atoms with van der Waals surface area (Å²) in [5.41, 5.74) is 3.07. The number of carbonyl (C=O) groups is 1. The van der Waals surface area contributed by atoms with Gasteiger partial charge in [-0.3, -0.25) is 4.79 Å². The lowest BCUT2D eigenvalue weighted by atomic mass is 10.1. The molecular formula is C23H28N4O3S. The molecule has 0 fully saturated rings. The minimum atomic E-state index is -0.0762. The minimum absolute atomic E-state index is 0.0762. The van der Waals surface area contributed by atoms with Crippen molar-refractivity contribution in [1.29, 1.82) is 0 Å². The van der Waals surface area contributed by atoms with E-state index in [0.717, 1.165) is 23.2 Å². The van der Waals surface area contributed by atoms with Gasteiger partial charge < -0.3 is 19.4 Å². The Balaban J connectivity index is 1.57. The molecular weight excluding hydrogens is 412 g/mol. The molecule has 0 radical (unpaired) electrons. The summed E-state index contributed by atoms with van der Waals surface area (Å²) in [5, 5.41) is 12.0. The van der Waals surface area contributed by atoms with Gasteiger partial charge >= 0.3 is 0 Å². The summed E-state index contributed by atoms with van der Waals surface area (Å²) in [6, 6.07) is 13.6. The predicted molar refractivity (Wildman–Crippen MR) is 123 cm³/mol. The number of thioether (sulfide) groups is 1. The van der Waals surface area contributed by atoms with Gasteiger partial charge in [0.2, 0.25) is 5.91 Å². The first kappa shape index (κ1) is 22.7. The topological polar surface area (TPSA) is 78.3 Å². The first-order valence-corrected chi connectivity index (χ1v) is 11.3. The summed E-state index contributed by atoms with van der Waals surface area (Å²) in [6.07, 6.45) is 0.863. The van der Waals surface area contributed by atoms with E-state index in [1.165, 1.54) is 11.8 Å². The Bertz CT molecular complexity index is 1040. The van der Waals surface area contributed by atoms with E-state index in [4.69, 9.17) is 9.47 Å². The highest BCUT2D eigenvalue weighted by atomic mass is 32.2. The van der Waals surface area contributed by atoms with Crippen molar-refractivity contribution in [3.63, 3.8) is 0 Å². The fraction of sp³-hybridized carbons (Fsp3) is 0.348. The highest BCUT2D eigenvalue weighted by Crippen LogP contribution is 2.29. The van der Waals surface area contributed by atoms with Crippen LogP contribution in [0, 0.1) is 6.92 Å². The molecule has 164 valence electrons. The van der Waals surface area contributed by atoms with Gasteiger partial charge in [-0.1, -0.05) is 43.0 Å². The molecule has 7 nitrogen and oxygen atoms in total. The van der Waals surface area contributed by atoms with Crippen LogP contribution in [0.3, 0.4) is 0 Å². The molecule has 0 aliphatic heterocycles. The number of anilines is 1. The molecule has 1 heterocycles. The van der Waals surface area contributed by atoms with Crippen LogP contribution < -0.4 is 14.8 Å². The molecule has 1 amide bonds. The number of aryl methyl sites for hydroxylation is 2. The summed E-state index contributed by atoms with van der Waals surface area (Å²) in [4.78, 5) is 12.4. The smallest absolute Gasteiger partial charge is 0.234 e. The maximum atomic E-state index is 12.4. The number of hydrogen-bond acceptors (Lipinski definition) is 6. The Morgan fingerprint density at radius 3 is 2.68 bits per heavy atom. The largest absolute Gasteiger partial charge is 0.490 e. The number of ether oxygens (including phenoxy) is 2. The highest BCUT2D eigenvalue weighted by Gasteiger charge is 2.14. The van der Waals surface area contributed by atoms with E-state index in [1.807, 2.05) is 67.9 Å². The first-order valence-electron chi connectivity index (χ1n) is 10.3. The van der Waals surface area contributed by atoms with Crippen LogP contribution in [0.1, 0.15) is 30.8 Å². The zero-order valence-corrected chi connectivity index (χ0v) is 19.2. The number of aromatic nitrogens is 3. The summed E-state index contributed by atoms with van der Waals surface area (Å²) < 4.78 is 13.4. The van der Waals surface area contributed by atoms with E-state index in [2.05, 4.69) is 22.4 Å². The van der Waals surface area contributed by atoms with Crippen LogP contribution in [0.25, 0.3) is 0 Å². The summed E-state index contributed by atoms with van der Waals surface area (Å²) >= 11 is 1.34. The molecule has 31 heavy (non-hydrogen) atoms. The third kappa shape index (κ3) is 6.01. The second-order valence-corrected chi connectivity index (χ2v) is 7.92. The number of nitrogens with one attached hydrogen (secondary N) is 1. The van der Waals surface area contributed by atoms with Gasteiger partial charge in [-0.05, 0) is 49.6 Å². The quantitative estimate of drug-likeness (QED) is 0.471. The molecule has 0 saturated heterocycles. The Morgan fingerprint density at radius 2 is 1.90 bits per heavy atom. The fourth-order valence-electron chi connectivity index (χ4n) is 3.01. The van der Waals surface area contributed by atoms with Crippen LogP contribution in [0.15, 0.2) is 47.6 Å². The second-order valence-electron chi connectivity index (χ2n) is 6.98. The van der Waals surface area contributed by atoms with Gasteiger partial charge in [0, 0.05) is 12.7 Å². The molecule has 0 unspecified atom stereocenters. The number of rotatable bonds is 10. The molecule has 0 saturated carbocycles. The first-order chi connectivity index (χ1) is 15.0. The van der Waals surface area contributed by atoms with E-state index < -0.39 is 0 Å². The Morgan fingerprint density at radius 1 is 1.10 bits per heavy atom. The normalized spacial score (nSPS) is 10.7. The lowest BCUT2D eigenvalue weighted by Gasteiger charge is -2.12. The Labute approximate surface area is 187 Å². The van der Waals surface area contributed by atoms with Crippen molar-refractivity contribution >= 4 is 23.4 Å². The van der Waals surface area contributed by atoms with Crippen LogP contribution in [-0.2, 0) is 24.9 Å². The molecule has 2 aromatic carbocycles. The SMILES string of the molecule is CCOc1cc(C)ccc1OCc1nnc(SCC(=O)Nc2ccccc2CC)n1C. The summed E-state index contributed by atoms with van der Waals surface area (Å²) in [6.45, 7) is 6.83. The maximum absolute atomic E-state index is 12.4. The van der Waals surface area contributed by atoms with Crippen molar-refractivity contribution in [2.75, 3.05) is 17.7 Å². The fourth-order valence-corrected chi connectivity index (χ4v) is 3.74.